The summed E-state index contributed by atoms with van der Waals surface area (Å²) in [6, 6.07) is 6.32. The lowest BCUT2D eigenvalue weighted by molar-refractivity contribution is 0.309. The molecule has 2 rings (SSSR count). The minimum atomic E-state index is 0.494. The molecule has 0 heterocycles. The van der Waals surface area contributed by atoms with E-state index in [0.29, 0.717) is 17.1 Å². The quantitative estimate of drug-likeness (QED) is 0.785. The van der Waals surface area contributed by atoms with Gasteiger partial charge in [0.05, 0.1) is 0 Å². The van der Waals surface area contributed by atoms with Crippen molar-refractivity contribution in [3.63, 3.8) is 0 Å². The third-order valence-electron chi connectivity index (χ3n) is 3.94. The van der Waals surface area contributed by atoms with E-state index in [9.17, 15) is 0 Å². The van der Waals surface area contributed by atoms with Gasteiger partial charge in [0.2, 0.25) is 0 Å². The topological polar surface area (TPSA) is 24.1 Å². The zero-order valence-corrected chi connectivity index (χ0v) is 13.1. The summed E-state index contributed by atoms with van der Waals surface area (Å²) in [5.74, 6) is 0.689. The highest BCUT2D eigenvalue weighted by Gasteiger charge is 2.21. The Morgan fingerprint density at radius 3 is 2.79 bits per heavy atom. The molecular formula is C15H21ClN2S. The fourth-order valence-electron chi connectivity index (χ4n) is 2.60. The summed E-state index contributed by atoms with van der Waals surface area (Å²) in [5, 5.41) is 8.16. The third-order valence-corrected chi connectivity index (χ3v) is 4.57. The molecule has 0 saturated heterocycles. The second-order valence-corrected chi connectivity index (χ2v) is 6.19. The van der Waals surface area contributed by atoms with Gasteiger partial charge >= 0.3 is 0 Å². The van der Waals surface area contributed by atoms with Crippen molar-refractivity contribution in [2.75, 3.05) is 5.32 Å². The second kappa shape index (κ2) is 6.58. The molecule has 1 aromatic rings. The molecule has 0 spiro atoms. The summed E-state index contributed by atoms with van der Waals surface area (Å²) in [7, 11) is 0. The number of thiocarbonyl (C=S) groups is 1. The van der Waals surface area contributed by atoms with Crippen molar-refractivity contribution < 1.29 is 0 Å². The number of anilines is 1. The first kappa shape index (κ1) is 14.6. The standard InChI is InChI=1S/C15H21ClN2S/c1-10-6-3-4-8-13(10)17-15(19)18-14-9-5-7-12(16)11(14)2/h5,7,9-10,13H,3-4,6,8H2,1-2H3,(H2,17,18,19)/t10-,13-/m0/s1. The van der Waals surface area contributed by atoms with Crippen LogP contribution in [0.2, 0.25) is 5.02 Å². The van der Waals surface area contributed by atoms with E-state index in [4.69, 9.17) is 23.8 Å². The molecule has 4 heteroatoms. The molecule has 0 radical (unpaired) electrons. The summed E-state index contributed by atoms with van der Waals surface area (Å²) in [6.45, 7) is 4.29. The van der Waals surface area contributed by atoms with E-state index in [1.807, 2.05) is 25.1 Å². The lowest BCUT2D eigenvalue weighted by atomic mass is 9.86. The molecule has 0 amide bonds. The van der Waals surface area contributed by atoms with Gasteiger partial charge in [-0.1, -0.05) is 37.4 Å². The zero-order valence-electron chi connectivity index (χ0n) is 11.5. The van der Waals surface area contributed by atoms with Gasteiger partial charge in [-0.25, -0.2) is 0 Å². The monoisotopic (exact) mass is 296 g/mol. The van der Waals surface area contributed by atoms with Gasteiger partial charge in [-0.3, -0.25) is 0 Å². The molecule has 1 aliphatic carbocycles. The summed E-state index contributed by atoms with van der Waals surface area (Å²) >= 11 is 11.5. The minimum Gasteiger partial charge on any atom is -0.359 e. The summed E-state index contributed by atoms with van der Waals surface area (Å²) in [5.41, 5.74) is 2.01. The summed E-state index contributed by atoms with van der Waals surface area (Å²) in [4.78, 5) is 0. The lowest BCUT2D eigenvalue weighted by Gasteiger charge is -2.30. The highest BCUT2D eigenvalue weighted by molar-refractivity contribution is 7.80. The fraction of sp³-hybridized carbons (Fsp3) is 0.533. The van der Waals surface area contributed by atoms with E-state index < -0.39 is 0 Å². The largest absolute Gasteiger partial charge is 0.359 e. The molecule has 2 N–H and O–H groups in total. The van der Waals surface area contributed by atoms with Crippen LogP contribution in [0.3, 0.4) is 0 Å². The predicted molar refractivity (Wildman–Crippen MR) is 87.0 cm³/mol. The van der Waals surface area contributed by atoms with E-state index in [1.54, 1.807) is 0 Å². The molecule has 0 aromatic heterocycles. The zero-order chi connectivity index (χ0) is 13.8. The van der Waals surface area contributed by atoms with E-state index >= 15 is 0 Å². The van der Waals surface area contributed by atoms with Gasteiger partial charge in [0.25, 0.3) is 0 Å². The Labute approximate surface area is 125 Å². The van der Waals surface area contributed by atoms with Crippen LogP contribution in [0.5, 0.6) is 0 Å². The molecule has 0 unspecified atom stereocenters. The van der Waals surface area contributed by atoms with Gasteiger partial charge < -0.3 is 10.6 Å². The van der Waals surface area contributed by atoms with Crippen LogP contribution >= 0.6 is 23.8 Å². The maximum absolute atomic E-state index is 6.11. The van der Waals surface area contributed by atoms with Crippen molar-refractivity contribution in [3.8, 4) is 0 Å². The van der Waals surface area contributed by atoms with E-state index in [0.717, 1.165) is 16.3 Å². The lowest BCUT2D eigenvalue weighted by Crippen LogP contribution is -2.43. The molecule has 2 atom stereocenters. The minimum absolute atomic E-state index is 0.494. The van der Waals surface area contributed by atoms with Crippen molar-refractivity contribution in [1.82, 2.24) is 5.32 Å². The smallest absolute Gasteiger partial charge is 0.171 e. The van der Waals surface area contributed by atoms with Gasteiger partial charge in [0.1, 0.15) is 0 Å². The Hall–Kier alpha value is -0.800. The maximum atomic E-state index is 6.11. The Morgan fingerprint density at radius 1 is 1.32 bits per heavy atom. The average Bonchev–Trinajstić information content (AvgIpc) is 2.38. The van der Waals surface area contributed by atoms with Crippen molar-refractivity contribution in [2.45, 2.75) is 45.6 Å². The summed E-state index contributed by atoms with van der Waals surface area (Å²) in [6.07, 6.45) is 5.13. The van der Waals surface area contributed by atoms with Crippen molar-refractivity contribution in [3.05, 3.63) is 28.8 Å². The maximum Gasteiger partial charge on any atom is 0.171 e. The predicted octanol–water partition coefficient (Wildman–Crippen LogP) is 4.51. The SMILES string of the molecule is Cc1c(Cl)cccc1NC(=S)N[C@H]1CCCC[C@@H]1C. The normalized spacial score (nSPS) is 22.9. The van der Waals surface area contributed by atoms with E-state index in [1.165, 1.54) is 25.7 Å². The molecular weight excluding hydrogens is 276 g/mol. The number of halogens is 1. The molecule has 1 saturated carbocycles. The van der Waals surface area contributed by atoms with Crippen molar-refractivity contribution >= 4 is 34.6 Å². The molecule has 1 aromatic carbocycles. The fourth-order valence-corrected chi connectivity index (χ4v) is 3.04. The third kappa shape index (κ3) is 3.83. The highest BCUT2D eigenvalue weighted by Crippen LogP contribution is 2.25. The van der Waals surface area contributed by atoms with Crippen molar-refractivity contribution in [1.29, 1.82) is 0 Å². The van der Waals surface area contributed by atoms with Gasteiger partial charge in [-0.2, -0.15) is 0 Å². The second-order valence-electron chi connectivity index (χ2n) is 5.38. The molecule has 1 aliphatic rings. The molecule has 104 valence electrons. The van der Waals surface area contributed by atoms with Crippen LogP contribution < -0.4 is 10.6 Å². The first-order chi connectivity index (χ1) is 9.08. The van der Waals surface area contributed by atoms with Crippen LogP contribution in [0, 0.1) is 12.8 Å². The summed E-state index contributed by atoms with van der Waals surface area (Å²) < 4.78 is 0. The van der Waals surface area contributed by atoms with Crippen LogP contribution in [0.4, 0.5) is 5.69 Å². The number of benzene rings is 1. The number of hydrogen-bond donors (Lipinski definition) is 2. The molecule has 2 nitrogen and oxygen atoms in total. The molecule has 1 fully saturated rings. The van der Waals surface area contributed by atoms with Crippen LogP contribution in [-0.4, -0.2) is 11.2 Å². The van der Waals surface area contributed by atoms with Gasteiger partial charge in [0.15, 0.2) is 5.11 Å². The number of rotatable bonds is 2. The number of hydrogen-bond acceptors (Lipinski definition) is 1. The van der Waals surface area contributed by atoms with Gasteiger partial charge in [-0.15, -0.1) is 0 Å². The van der Waals surface area contributed by atoms with Crippen molar-refractivity contribution in [2.24, 2.45) is 5.92 Å². The van der Waals surface area contributed by atoms with Crippen LogP contribution in [0.1, 0.15) is 38.2 Å². The van der Waals surface area contributed by atoms with E-state index in [-0.39, 0.29) is 0 Å². The van der Waals surface area contributed by atoms with E-state index in [2.05, 4.69) is 17.6 Å². The van der Waals surface area contributed by atoms with Crippen LogP contribution in [0.15, 0.2) is 18.2 Å². The van der Waals surface area contributed by atoms with Crippen LogP contribution in [-0.2, 0) is 0 Å². The van der Waals surface area contributed by atoms with Gasteiger partial charge in [0, 0.05) is 16.8 Å². The molecule has 0 aliphatic heterocycles. The number of nitrogens with one attached hydrogen (secondary N) is 2. The Kier molecular flexibility index (Phi) is 5.06. The van der Waals surface area contributed by atoms with Gasteiger partial charge in [-0.05, 0) is 55.6 Å². The first-order valence-corrected chi connectivity index (χ1v) is 7.69. The Morgan fingerprint density at radius 2 is 2.05 bits per heavy atom. The van der Waals surface area contributed by atoms with Crippen LogP contribution in [0.25, 0.3) is 0 Å². The Bertz CT molecular complexity index is 461. The molecule has 19 heavy (non-hydrogen) atoms. The highest BCUT2D eigenvalue weighted by atomic mass is 35.5. The average molecular weight is 297 g/mol. The Balaban J connectivity index is 1.95. The first-order valence-electron chi connectivity index (χ1n) is 6.90. The molecule has 0 bridgehead atoms.